The summed E-state index contributed by atoms with van der Waals surface area (Å²) in [6.45, 7) is 19.0. The van der Waals surface area contributed by atoms with E-state index in [9.17, 15) is 0 Å². The number of piperazine rings is 1. The van der Waals surface area contributed by atoms with Gasteiger partial charge >= 0.3 is 0 Å². The van der Waals surface area contributed by atoms with E-state index in [0.717, 1.165) is 65.9 Å². The van der Waals surface area contributed by atoms with Crippen molar-refractivity contribution in [2.45, 2.75) is 26.3 Å². The highest BCUT2D eigenvalue weighted by Gasteiger charge is 2.25. The number of anilines is 2. The van der Waals surface area contributed by atoms with Crippen LogP contribution in [0.5, 0.6) is 0 Å². The van der Waals surface area contributed by atoms with Gasteiger partial charge in [-0.05, 0) is 25.1 Å². The highest BCUT2D eigenvalue weighted by Crippen LogP contribution is 2.24. The van der Waals surface area contributed by atoms with Gasteiger partial charge in [-0.3, -0.25) is 0 Å². The van der Waals surface area contributed by atoms with E-state index in [1.807, 2.05) is 36.4 Å². The number of benzene rings is 1. The normalized spacial score (nSPS) is 16.4. The predicted molar refractivity (Wildman–Crippen MR) is 124 cm³/mol. The van der Waals surface area contributed by atoms with Gasteiger partial charge in [-0.25, -0.2) is 9.97 Å². The SMILES string of the molecule is [B]c1ccc(NC(=C)c2cc(N3CCN(C(=C)C=C)CC3C)nc(CC)n2)cc1. The maximum atomic E-state index is 5.77. The number of hydrogen-bond acceptors (Lipinski definition) is 5. The zero-order chi connectivity index (χ0) is 21.0. The molecule has 5 nitrogen and oxygen atoms in total. The minimum absolute atomic E-state index is 0.297. The molecule has 0 bridgehead atoms. The van der Waals surface area contributed by atoms with E-state index >= 15 is 0 Å². The highest BCUT2D eigenvalue weighted by molar-refractivity contribution is 6.32. The molecule has 0 aliphatic carbocycles. The molecule has 1 atom stereocenters. The molecule has 29 heavy (non-hydrogen) atoms. The van der Waals surface area contributed by atoms with Crippen LogP contribution in [0.1, 0.15) is 25.4 Å². The van der Waals surface area contributed by atoms with Crippen LogP contribution in [-0.4, -0.2) is 48.4 Å². The molecule has 2 aromatic rings. The van der Waals surface area contributed by atoms with Gasteiger partial charge < -0.3 is 15.1 Å². The largest absolute Gasteiger partial charge is 0.368 e. The summed E-state index contributed by atoms with van der Waals surface area (Å²) in [7, 11) is 5.77. The molecule has 1 aromatic heterocycles. The van der Waals surface area contributed by atoms with Crippen LogP contribution in [0.15, 0.2) is 61.8 Å². The standard InChI is InChI=1S/C23H28BN5/c1-6-16(3)28-12-13-29(17(4)15-28)23-14-21(26-22(7-2)27-23)18(5)25-20-10-8-19(24)9-11-20/h6,8-11,14,17,25H,1,3,5,7,12-13,15H2,2,4H3. The molecule has 1 saturated heterocycles. The molecule has 3 rings (SSSR count). The summed E-state index contributed by atoms with van der Waals surface area (Å²) in [5.41, 5.74) is 4.15. The Morgan fingerprint density at radius 3 is 2.59 bits per heavy atom. The molecule has 0 saturated carbocycles. The summed E-state index contributed by atoms with van der Waals surface area (Å²) >= 11 is 0. The number of aromatic nitrogens is 2. The van der Waals surface area contributed by atoms with Crippen LogP contribution in [-0.2, 0) is 6.42 Å². The molecule has 0 amide bonds. The fourth-order valence-corrected chi connectivity index (χ4v) is 3.44. The Bertz CT molecular complexity index is 906. The predicted octanol–water partition coefficient (Wildman–Crippen LogP) is 3.13. The molecule has 1 fully saturated rings. The van der Waals surface area contributed by atoms with Crippen molar-refractivity contribution < 1.29 is 0 Å². The maximum Gasteiger partial charge on any atom is 0.133 e. The van der Waals surface area contributed by atoms with Crippen molar-refractivity contribution in [3.63, 3.8) is 0 Å². The second kappa shape index (κ2) is 8.99. The molecule has 6 heteroatoms. The van der Waals surface area contributed by atoms with E-state index in [1.54, 1.807) is 0 Å². The fraction of sp³-hybridized carbons (Fsp3) is 0.304. The summed E-state index contributed by atoms with van der Waals surface area (Å²) in [6.07, 6.45) is 2.57. The third-order valence-corrected chi connectivity index (χ3v) is 5.15. The van der Waals surface area contributed by atoms with Gasteiger partial charge in [0.15, 0.2) is 0 Å². The van der Waals surface area contributed by atoms with Crippen LogP contribution in [0.25, 0.3) is 5.70 Å². The van der Waals surface area contributed by atoms with E-state index in [0.29, 0.717) is 6.04 Å². The van der Waals surface area contributed by atoms with Crippen LogP contribution in [0.2, 0.25) is 0 Å². The van der Waals surface area contributed by atoms with Crippen molar-refractivity contribution >= 4 is 30.5 Å². The Kier molecular flexibility index (Phi) is 6.42. The minimum atomic E-state index is 0.297. The monoisotopic (exact) mass is 385 g/mol. The van der Waals surface area contributed by atoms with Crippen molar-refractivity contribution in [3.05, 3.63) is 73.4 Å². The molecular weight excluding hydrogens is 357 g/mol. The molecule has 1 aliphatic rings. The topological polar surface area (TPSA) is 44.3 Å². The van der Waals surface area contributed by atoms with Gasteiger partial charge in [0.1, 0.15) is 19.5 Å². The molecule has 1 aromatic carbocycles. The quantitative estimate of drug-likeness (QED) is 0.586. The third-order valence-electron chi connectivity index (χ3n) is 5.15. The number of nitrogens with zero attached hydrogens (tertiary/aromatic N) is 4. The van der Waals surface area contributed by atoms with E-state index in [1.165, 1.54) is 0 Å². The first-order chi connectivity index (χ1) is 13.9. The van der Waals surface area contributed by atoms with Gasteiger partial charge in [-0.2, -0.15) is 0 Å². The molecular formula is C23H28BN5. The van der Waals surface area contributed by atoms with Crippen LogP contribution in [0.3, 0.4) is 0 Å². The lowest BCUT2D eigenvalue weighted by Gasteiger charge is -2.42. The molecule has 0 spiro atoms. The third kappa shape index (κ3) is 4.88. The summed E-state index contributed by atoms with van der Waals surface area (Å²) in [4.78, 5) is 14.1. The van der Waals surface area contributed by atoms with Gasteiger partial charge in [-0.1, -0.05) is 44.3 Å². The van der Waals surface area contributed by atoms with Crippen LogP contribution >= 0.6 is 0 Å². The molecule has 2 radical (unpaired) electrons. The van der Waals surface area contributed by atoms with Crippen molar-refractivity contribution in [1.29, 1.82) is 0 Å². The Morgan fingerprint density at radius 1 is 1.24 bits per heavy atom. The lowest BCUT2D eigenvalue weighted by atomic mass is 9.96. The maximum absolute atomic E-state index is 5.77. The summed E-state index contributed by atoms with van der Waals surface area (Å²) < 4.78 is 0. The van der Waals surface area contributed by atoms with Crippen molar-refractivity contribution in [3.8, 4) is 0 Å². The average Bonchev–Trinajstić information content (AvgIpc) is 2.74. The fourth-order valence-electron chi connectivity index (χ4n) is 3.44. The Morgan fingerprint density at radius 2 is 1.97 bits per heavy atom. The Balaban J connectivity index is 1.81. The highest BCUT2D eigenvalue weighted by atomic mass is 15.3. The number of allylic oxidation sites excluding steroid dienone is 1. The van der Waals surface area contributed by atoms with Crippen LogP contribution in [0.4, 0.5) is 11.5 Å². The smallest absolute Gasteiger partial charge is 0.133 e. The molecule has 1 N–H and O–H groups in total. The van der Waals surface area contributed by atoms with Crippen molar-refractivity contribution in [1.82, 2.24) is 14.9 Å². The van der Waals surface area contributed by atoms with E-state index in [2.05, 4.69) is 53.7 Å². The van der Waals surface area contributed by atoms with Gasteiger partial charge in [-0.15, -0.1) is 0 Å². The Hall–Kier alpha value is -3.02. The minimum Gasteiger partial charge on any atom is -0.368 e. The number of rotatable bonds is 7. The first kappa shape index (κ1) is 20.7. The zero-order valence-corrected chi connectivity index (χ0v) is 17.4. The van der Waals surface area contributed by atoms with E-state index in [-0.39, 0.29) is 0 Å². The first-order valence-corrected chi connectivity index (χ1v) is 9.94. The number of hydrogen-bond donors (Lipinski definition) is 1. The summed E-state index contributed by atoms with van der Waals surface area (Å²) in [5, 5.41) is 3.32. The van der Waals surface area contributed by atoms with Crippen molar-refractivity contribution in [2.24, 2.45) is 0 Å². The van der Waals surface area contributed by atoms with Crippen LogP contribution < -0.4 is 15.7 Å². The zero-order valence-electron chi connectivity index (χ0n) is 17.4. The van der Waals surface area contributed by atoms with E-state index < -0.39 is 0 Å². The second-order valence-electron chi connectivity index (χ2n) is 7.29. The van der Waals surface area contributed by atoms with Gasteiger partial charge in [0, 0.05) is 49.5 Å². The van der Waals surface area contributed by atoms with Gasteiger partial charge in [0.05, 0.1) is 11.4 Å². The first-order valence-electron chi connectivity index (χ1n) is 9.94. The molecule has 2 heterocycles. The lowest BCUT2D eigenvalue weighted by Crippen LogP contribution is -2.51. The molecule has 1 unspecified atom stereocenters. The second-order valence-corrected chi connectivity index (χ2v) is 7.29. The Labute approximate surface area is 175 Å². The average molecular weight is 385 g/mol. The van der Waals surface area contributed by atoms with Crippen LogP contribution in [0, 0.1) is 0 Å². The number of aryl methyl sites for hydroxylation is 1. The lowest BCUT2D eigenvalue weighted by molar-refractivity contribution is 0.291. The van der Waals surface area contributed by atoms with Crippen molar-refractivity contribution in [2.75, 3.05) is 29.9 Å². The summed E-state index contributed by atoms with van der Waals surface area (Å²) in [6, 6.07) is 9.88. The van der Waals surface area contributed by atoms with E-state index in [4.69, 9.17) is 12.8 Å². The number of nitrogens with one attached hydrogen (secondary N) is 1. The summed E-state index contributed by atoms with van der Waals surface area (Å²) in [5.74, 6) is 1.74. The van der Waals surface area contributed by atoms with Gasteiger partial charge in [0.25, 0.3) is 0 Å². The molecule has 148 valence electrons. The van der Waals surface area contributed by atoms with Gasteiger partial charge in [0.2, 0.25) is 0 Å². The molecule has 1 aliphatic heterocycles.